The standard InChI is InChI=1S/C14H25N5O2/c1-6-19(10(4)8-21-5)14(20)12-11(18-15)7-16-13(17-12)9(2)3/h7,9-10,18H,6,8,15H2,1-5H3. The van der Waals surface area contributed by atoms with Crippen LogP contribution in [0.1, 0.15) is 49.9 Å². The van der Waals surface area contributed by atoms with Crippen LogP contribution in [0.2, 0.25) is 0 Å². The zero-order chi connectivity index (χ0) is 16.0. The summed E-state index contributed by atoms with van der Waals surface area (Å²) < 4.78 is 5.12. The highest BCUT2D eigenvalue weighted by Crippen LogP contribution is 2.18. The Balaban J connectivity index is 3.16. The zero-order valence-corrected chi connectivity index (χ0v) is 13.4. The minimum absolute atomic E-state index is 0.0458. The predicted octanol–water partition coefficient (Wildman–Crippen LogP) is 1.38. The van der Waals surface area contributed by atoms with Gasteiger partial charge in [-0.15, -0.1) is 0 Å². The van der Waals surface area contributed by atoms with Crippen LogP contribution in [0.3, 0.4) is 0 Å². The molecule has 0 fully saturated rings. The summed E-state index contributed by atoms with van der Waals surface area (Å²) in [6, 6.07) is -0.0458. The van der Waals surface area contributed by atoms with Gasteiger partial charge in [0.15, 0.2) is 5.69 Å². The van der Waals surface area contributed by atoms with Gasteiger partial charge >= 0.3 is 0 Å². The van der Waals surface area contributed by atoms with Gasteiger partial charge in [-0.2, -0.15) is 0 Å². The summed E-state index contributed by atoms with van der Waals surface area (Å²) in [4.78, 5) is 23.0. The SMILES string of the molecule is CCN(C(=O)c1nc(C(C)C)ncc1NN)C(C)COC. The summed E-state index contributed by atoms with van der Waals surface area (Å²) in [6.07, 6.45) is 1.55. The molecule has 7 heteroatoms. The lowest BCUT2D eigenvalue weighted by Gasteiger charge is -2.28. The fourth-order valence-electron chi connectivity index (χ4n) is 2.06. The molecule has 1 atom stereocenters. The quantitative estimate of drug-likeness (QED) is 0.583. The molecular formula is C14H25N5O2. The number of nitrogen functional groups attached to an aromatic ring is 1. The van der Waals surface area contributed by atoms with Gasteiger partial charge in [-0.05, 0) is 13.8 Å². The number of hydrogen-bond acceptors (Lipinski definition) is 6. The summed E-state index contributed by atoms with van der Waals surface area (Å²) in [5.41, 5.74) is 3.20. The Morgan fingerprint density at radius 3 is 2.62 bits per heavy atom. The van der Waals surface area contributed by atoms with Crippen molar-refractivity contribution in [3.8, 4) is 0 Å². The van der Waals surface area contributed by atoms with Gasteiger partial charge in [-0.25, -0.2) is 9.97 Å². The number of nitrogens with two attached hydrogens (primary N) is 1. The molecule has 0 saturated heterocycles. The van der Waals surface area contributed by atoms with Gasteiger partial charge in [0.2, 0.25) is 0 Å². The molecule has 0 radical (unpaired) electrons. The van der Waals surface area contributed by atoms with Crippen molar-refractivity contribution in [2.45, 2.75) is 39.7 Å². The van der Waals surface area contributed by atoms with Gasteiger partial charge in [0.1, 0.15) is 5.82 Å². The molecule has 1 unspecified atom stereocenters. The summed E-state index contributed by atoms with van der Waals surface area (Å²) in [5, 5.41) is 0. The molecule has 0 bridgehead atoms. The predicted molar refractivity (Wildman–Crippen MR) is 82.0 cm³/mol. The molecule has 0 saturated carbocycles. The molecule has 21 heavy (non-hydrogen) atoms. The molecule has 0 aliphatic carbocycles. The normalized spacial score (nSPS) is 12.3. The molecule has 0 aliphatic heterocycles. The molecule has 118 valence electrons. The van der Waals surface area contributed by atoms with Crippen LogP contribution in [0.25, 0.3) is 0 Å². The molecule has 1 aromatic heterocycles. The van der Waals surface area contributed by atoms with Crippen molar-refractivity contribution in [3.63, 3.8) is 0 Å². The zero-order valence-electron chi connectivity index (χ0n) is 13.4. The second-order valence-electron chi connectivity index (χ2n) is 5.19. The lowest BCUT2D eigenvalue weighted by atomic mass is 10.2. The largest absolute Gasteiger partial charge is 0.383 e. The van der Waals surface area contributed by atoms with Crippen LogP contribution >= 0.6 is 0 Å². The maximum absolute atomic E-state index is 12.7. The van der Waals surface area contributed by atoms with Crippen molar-refractivity contribution in [3.05, 3.63) is 17.7 Å². The number of nitrogens with zero attached hydrogens (tertiary/aromatic N) is 3. The van der Waals surface area contributed by atoms with Crippen LogP contribution in [0.5, 0.6) is 0 Å². The lowest BCUT2D eigenvalue weighted by molar-refractivity contribution is 0.0574. The fraction of sp³-hybridized carbons (Fsp3) is 0.643. The maximum Gasteiger partial charge on any atom is 0.275 e. The van der Waals surface area contributed by atoms with E-state index in [4.69, 9.17) is 10.6 Å². The highest BCUT2D eigenvalue weighted by molar-refractivity contribution is 5.97. The minimum atomic E-state index is -0.181. The summed E-state index contributed by atoms with van der Waals surface area (Å²) in [7, 11) is 1.61. The number of aromatic nitrogens is 2. The van der Waals surface area contributed by atoms with E-state index in [-0.39, 0.29) is 17.9 Å². The van der Waals surface area contributed by atoms with Crippen molar-refractivity contribution >= 4 is 11.6 Å². The Morgan fingerprint density at radius 2 is 2.14 bits per heavy atom. The number of carbonyl (C=O) groups excluding carboxylic acids is 1. The fourth-order valence-corrected chi connectivity index (χ4v) is 2.06. The lowest BCUT2D eigenvalue weighted by Crippen LogP contribution is -2.41. The number of carbonyl (C=O) groups is 1. The summed E-state index contributed by atoms with van der Waals surface area (Å²) in [5.74, 6) is 6.04. The molecule has 1 aromatic rings. The number of likely N-dealkylation sites (N-methyl/N-ethyl adjacent to an activating group) is 1. The van der Waals surface area contributed by atoms with Gasteiger partial charge in [0.25, 0.3) is 5.91 Å². The first-order valence-electron chi connectivity index (χ1n) is 7.09. The smallest absolute Gasteiger partial charge is 0.275 e. The second-order valence-corrected chi connectivity index (χ2v) is 5.19. The molecule has 0 aliphatic rings. The van der Waals surface area contributed by atoms with E-state index < -0.39 is 0 Å². The highest BCUT2D eigenvalue weighted by atomic mass is 16.5. The Bertz CT molecular complexity index is 478. The van der Waals surface area contributed by atoms with Crippen molar-refractivity contribution < 1.29 is 9.53 Å². The molecule has 0 spiro atoms. The van der Waals surface area contributed by atoms with E-state index in [1.165, 1.54) is 0 Å². The molecule has 0 aromatic carbocycles. The van der Waals surface area contributed by atoms with Crippen LogP contribution in [-0.2, 0) is 4.74 Å². The monoisotopic (exact) mass is 295 g/mol. The van der Waals surface area contributed by atoms with Crippen LogP contribution in [0.4, 0.5) is 5.69 Å². The van der Waals surface area contributed by atoms with Gasteiger partial charge < -0.3 is 15.1 Å². The number of anilines is 1. The Kier molecular flexibility index (Phi) is 6.51. The van der Waals surface area contributed by atoms with E-state index in [0.29, 0.717) is 30.4 Å². The first-order valence-corrected chi connectivity index (χ1v) is 7.09. The van der Waals surface area contributed by atoms with E-state index >= 15 is 0 Å². The topological polar surface area (TPSA) is 93.4 Å². The van der Waals surface area contributed by atoms with Crippen LogP contribution in [0.15, 0.2) is 6.20 Å². The van der Waals surface area contributed by atoms with E-state index in [0.717, 1.165) is 0 Å². The van der Waals surface area contributed by atoms with Gasteiger partial charge in [-0.3, -0.25) is 10.6 Å². The third kappa shape index (κ3) is 4.12. The number of hydrogen-bond donors (Lipinski definition) is 2. The van der Waals surface area contributed by atoms with Crippen molar-refractivity contribution in [2.24, 2.45) is 5.84 Å². The summed E-state index contributed by atoms with van der Waals surface area (Å²) >= 11 is 0. The van der Waals surface area contributed by atoms with E-state index in [1.807, 2.05) is 27.7 Å². The second kappa shape index (κ2) is 7.90. The Hall–Kier alpha value is -1.73. The van der Waals surface area contributed by atoms with E-state index in [9.17, 15) is 4.79 Å². The maximum atomic E-state index is 12.7. The average molecular weight is 295 g/mol. The molecular weight excluding hydrogens is 270 g/mol. The van der Waals surface area contributed by atoms with Crippen LogP contribution in [0, 0.1) is 0 Å². The molecule has 1 rings (SSSR count). The Morgan fingerprint density at radius 1 is 1.48 bits per heavy atom. The van der Waals surface area contributed by atoms with Crippen LogP contribution < -0.4 is 11.3 Å². The number of ether oxygens (including phenoxy) is 1. The number of amides is 1. The van der Waals surface area contributed by atoms with Crippen molar-refractivity contribution in [1.82, 2.24) is 14.9 Å². The Labute approximate surface area is 125 Å². The molecule has 7 nitrogen and oxygen atoms in total. The summed E-state index contributed by atoms with van der Waals surface area (Å²) in [6.45, 7) is 8.84. The third-order valence-corrected chi connectivity index (χ3v) is 3.22. The van der Waals surface area contributed by atoms with Crippen molar-refractivity contribution in [1.29, 1.82) is 0 Å². The van der Waals surface area contributed by atoms with Gasteiger partial charge in [0.05, 0.1) is 24.5 Å². The van der Waals surface area contributed by atoms with Crippen molar-refractivity contribution in [2.75, 3.05) is 25.7 Å². The molecule has 3 N–H and O–H groups in total. The minimum Gasteiger partial charge on any atom is -0.383 e. The average Bonchev–Trinajstić information content (AvgIpc) is 2.47. The van der Waals surface area contributed by atoms with E-state index in [2.05, 4.69) is 15.4 Å². The first kappa shape index (κ1) is 17.3. The molecule has 1 amide bonds. The third-order valence-electron chi connectivity index (χ3n) is 3.22. The number of rotatable bonds is 7. The van der Waals surface area contributed by atoms with Gasteiger partial charge in [0, 0.05) is 19.6 Å². The molecule has 1 heterocycles. The first-order chi connectivity index (χ1) is 9.96. The number of hydrazine groups is 1. The van der Waals surface area contributed by atoms with Crippen LogP contribution in [-0.4, -0.2) is 47.1 Å². The van der Waals surface area contributed by atoms with E-state index in [1.54, 1.807) is 18.2 Å². The number of methoxy groups -OCH3 is 1. The number of nitrogens with one attached hydrogen (secondary N) is 1. The highest BCUT2D eigenvalue weighted by Gasteiger charge is 2.24. The van der Waals surface area contributed by atoms with Gasteiger partial charge in [-0.1, -0.05) is 13.8 Å².